The average Bonchev–Trinajstić information content (AvgIpc) is 2.93. The van der Waals surface area contributed by atoms with Crippen molar-refractivity contribution in [2.45, 2.75) is 31.5 Å². The fourth-order valence-corrected chi connectivity index (χ4v) is 2.84. The summed E-state index contributed by atoms with van der Waals surface area (Å²) in [7, 11) is 1.12. The van der Waals surface area contributed by atoms with Gasteiger partial charge in [0.1, 0.15) is 12.1 Å². The molecule has 0 spiro atoms. The number of methoxy groups -OCH3 is 1. The fourth-order valence-electron chi connectivity index (χ4n) is 2.84. The Kier molecular flexibility index (Phi) is 3.47. The molecule has 0 bridgehead atoms. The molecule has 0 unspecified atom stereocenters. The van der Waals surface area contributed by atoms with Crippen molar-refractivity contribution in [3.63, 3.8) is 0 Å². The molecule has 3 rings (SSSR count). The second kappa shape index (κ2) is 5.08. The predicted molar refractivity (Wildman–Crippen MR) is 72.8 cm³/mol. The van der Waals surface area contributed by atoms with Crippen LogP contribution in [0.1, 0.15) is 18.5 Å². The van der Waals surface area contributed by atoms with E-state index in [-0.39, 0.29) is 25.9 Å². The number of ether oxygens (including phenoxy) is 1. The number of aryl methyl sites for hydroxylation is 1. The first-order valence-corrected chi connectivity index (χ1v) is 6.90. The molecule has 6 nitrogen and oxygen atoms in total. The predicted octanol–water partition coefficient (Wildman–Crippen LogP) is 1.98. The number of halogens is 3. The Morgan fingerprint density at radius 1 is 1.27 bits per heavy atom. The van der Waals surface area contributed by atoms with Gasteiger partial charge in [-0.3, -0.25) is 0 Å². The number of nitrogens with zero attached hydrogens (tertiary/aromatic N) is 5. The second-order valence-corrected chi connectivity index (χ2v) is 5.41. The van der Waals surface area contributed by atoms with E-state index in [1.807, 2.05) is 11.8 Å². The average molecular weight is 315 g/mol. The third-order valence-electron chi connectivity index (χ3n) is 4.16. The minimum Gasteiger partial charge on any atom is -0.369 e. The molecule has 22 heavy (non-hydrogen) atoms. The molecule has 1 saturated heterocycles. The van der Waals surface area contributed by atoms with E-state index in [0.717, 1.165) is 12.8 Å². The van der Waals surface area contributed by atoms with E-state index < -0.39 is 11.8 Å². The lowest BCUT2D eigenvalue weighted by molar-refractivity contribution is -0.276. The van der Waals surface area contributed by atoms with Gasteiger partial charge in [-0.1, -0.05) is 0 Å². The summed E-state index contributed by atoms with van der Waals surface area (Å²) in [5.41, 5.74) is -1.32. The molecule has 120 valence electrons. The number of hydrogen-bond donors (Lipinski definition) is 0. The minimum absolute atomic E-state index is 0.120. The van der Waals surface area contributed by atoms with Gasteiger partial charge in [-0.15, -0.1) is 0 Å². The van der Waals surface area contributed by atoms with E-state index >= 15 is 0 Å². The molecule has 0 aliphatic carbocycles. The molecule has 9 heteroatoms. The Morgan fingerprint density at radius 3 is 2.55 bits per heavy atom. The Labute approximate surface area is 124 Å². The maximum Gasteiger partial charge on any atom is 0.417 e. The van der Waals surface area contributed by atoms with E-state index in [1.54, 1.807) is 10.6 Å². The molecule has 1 aliphatic rings. The van der Waals surface area contributed by atoms with Crippen molar-refractivity contribution in [1.29, 1.82) is 0 Å². The van der Waals surface area contributed by atoms with E-state index in [0.29, 0.717) is 11.6 Å². The van der Waals surface area contributed by atoms with Crippen molar-refractivity contribution in [2.75, 3.05) is 25.1 Å². The number of fused-ring (bicyclic) bond motifs is 1. The Morgan fingerprint density at radius 2 is 1.95 bits per heavy atom. The first-order valence-electron chi connectivity index (χ1n) is 6.90. The summed E-state index contributed by atoms with van der Waals surface area (Å²) in [6.07, 6.45) is -3.23. The molecular weight excluding hydrogens is 299 g/mol. The SMILES string of the molecule is COC1(C(F)(F)F)CCN(c2cc(C)nc3ncnn23)CC1. The lowest BCUT2D eigenvalue weighted by atomic mass is 9.90. The summed E-state index contributed by atoms with van der Waals surface area (Å²) in [5.74, 6) is 1.14. The molecule has 1 fully saturated rings. The van der Waals surface area contributed by atoms with Gasteiger partial charge in [0.25, 0.3) is 5.78 Å². The van der Waals surface area contributed by atoms with Crippen molar-refractivity contribution >= 4 is 11.6 Å². The van der Waals surface area contributed by atoms with E-state index in [4.69, 9.17) is 4.74 Å². The second-order valence-electron chi connectivity index (χ2n) is 5.41. The van der Waals surface area contributed by atoms with Crippen LogP contribution in [0.15, 0.2) is 12.4 Å². The quantitative estimate of drug-likeness (QED) is 0.848. The summed E-state index contributed by atoms with van der Waals surface area (Å²) < 4.78 is 46.0. The van der Waals surface area contributed by atoms with Crippen LogP contribution < -0.4 is 4.90 Å². The first kappa shape index (κ1) is 15.0. The van der Waals surface area contributed by atoms with Gasteiger partial charge in [0.2, 0.25) is 0 Å². The highest BCUT2D eigenvalue weighted by molar-refractivity contribution is 5.47. The smallest absolute Gasteiger partial charge is 0.369 e. The number of anilines is 1. The van der Waals surface area contributed by atoms with Crippen LogP contribution in [0.25, 0.3) is 5.78 Å². The van der Waals surface area contributed by atoms with Crippen LogP contribution in [-0.4, -0.2) is 51.6 Å². The molecule has 0 N–H and O–H groups in total. The zero-order valence-corrected chi connectivity index (χ0v) is 12.3. The van der Waals surface area contributed by atoms with Gasteiger partial charge in [0, 0.05) is 44.8 Å². The lowest BCUT2D eigenvalue weighted by Crippen LogP contribution is -2.55. The third-order valence-corrected chi connectivity index (χ3v) is 4.16. The van der Waals surface area contributed by atoms with Gasteiger partial charge in [0.05, 0.1) is 0 Å². The van der Waals surface area contributed by atoms with Crippen molar-refractivity contribution in [3.05, 3.63) is 18.1 Å². The summed E-state index contributed by atoms with van der Waals surface area (Å²) in [6.45, 7) is 2.27. The van der Waals surface area contributed by atoms with Gasteiger partial charge in [-0.25, -0.2) is 4.98 Å². The number of alkyl halides is 3. The van der Waals surface area contributed by atoms with E-state index in [2.05, 4.69) is 15.1 Å². The topological polar surface area (TPSA) is 55.5 Å². The number of aromatic nitrogens is 4. The van der Waals surface area contributed by atoms with Crippen LogP contribution >= 0.6 is 0 Å². The minimum atomic E-state index is -4.37. The van der Waals surface area contributed by atoms with Crippen molar-refractivity contribution < 1.29 is 17.9 Å². The monoisotopic (exact) mass is 315 g/mol. The zero-order chi connectivity index (χ0) is 16.0. The Hall–Kier alpha value is -1.90. The van der Waals surface area contributed by atoms with E-state index in [1.165, 1.54) is 6.33 Å². The van der Waals surface area contributed by atoms with Gasteiger partial charge in [-0.2, -0.15) is 27.8 Å². The summed E-state index contributed by atoms with van der Waals surface area (Å²) in [4.78, 5) is 10.1. The normalized spacial score (nSPS) is 18.9. The fraction of sp³-hybridized carbons (Fsp3) is 0.615. The number of piperidine rings is 1. The van der Waals surface area contributed by atoms with E-state index in [9.17, 15) is 13.2 Å². The van der Waals surface area contributed by atoms with Gasteiger partial charge >= 0.3 is 6.18 Å². The molecule has 0 atom stereocenters. The summed E-state index contributed by atoms with van der Waals surface area (Å²) >= 11 is 0. The largest absolute Gasteiger partial charge is 0.417 e. The molecular formula is C13H16F3N5O. The third kappa shape index (κ3) is 2.29. The molecule has 0 radical (unpaired) electrons. The molecule has 0 saturated carbocycles. The maximum atomic E-state index is 13.2. The summed E-state index contributed by atoms with van der Waals surface area (Å²) in [6, 6.07) is 1.80. The van der Waals surface area contributed by atoms with Crippen molar-refractivity contribution in [2.24, 2.45) is 0 Å². The van der Waals surface area contributed by atoms with Gasteiger partial charge < -0.3 is 9.64 Å². The van der Waals surface area contributed by atoms with Gasteiger partial charge in [-0.05, 0) is 6.92 Å². The first-order chi connectivity index (χ1) is 10.4. The molecule has 0 aromatic carbocycles. The molecule has 2 aromatic rings. The molecule has 0 amide bonds. The highest BCUT2D eigenvalue weighted by atomic mass is 19.4. The lowest BCUT2D eigenvalue weighted by Gasteiger charge is -2.42. The van der Waals surface area contributed by atoms with Crippen LogP contribution in [0, 0.1) is 6.92 Å². The summed E-state index contributed by atoms with van der Waals surface area (Å²) in [5, 5.41) is 4.09. The molecule has 2 aromatic heterocycles. The van der Waals surface area contributed by atoms with Crippen molar-refractivity contribution in [1.82, 2.24) is 19.6 Å². The van der Waals surface area contributed by atoms with Crippen LogP contribution in [0.3, 0.4) is 0 Å². The van der Waals surface area contributed by atoms with Crippen LogP contribution in [-0.2, 0) is 4.74 Å². The van der Waals surface area contributed by atoms with Crippen LogP contribution in [0.2, 0.25) is 0 Å². The van der Waals surface area contributed by atoms with Crippen LogP contribution in [0.4, 0.5) is 19.0 Å². The Balaban J connectivity index is 1.88. The Bertz CT molecular complexity index is 676. The highest BCUT2D eigenvalue weighted by Gasteiger charge is 2.56. The highest BCUT2D eigenvalue weighted by Crippen LogP contribution is 2.41. The molecule has 3 heterocycles. The maximum absolute atomic E-state index is 13.2. The van der Waals surface area contributed by atoms with Crippen LogP contribution in [0.5, 0.6) is 0 Å². The van der Waals surface area contributed by atoms with Crippen molar-refractivity contribution in [3.8, 4) is 0 Å². The molecule has 1 aliphatic heterocycles. The van der Waals surface area contributed by atoms with Gasteiger partial charge in [0.15, 0.2) is 5.60 Å². The number of rotatable bonds is 2. The zero-order valence-electron chi connectivity index (χ0n) is 12.3. The standard InChI is InChI=1S/C13H16F3N5O/c1-9-7-10(21-11(19-9)17-8-18-21)20-5-3-12(22-2,4-6-20)13(14,15)16/h7-8H,3-6H2,1-2H3. The number of hydrogen-bond acceptors (Lipinski definition) is 5.